The Morgan fingerprint density at radius 3 is 2.31 bits per heavy atom. The summed E-state index contributed by atoms with van der Waals surface area (Å²) in [6, 6.07) is 3.52. The predicted molar refractivity (Wildman–Crippen MR) is 55.5 cm³/mol. The third kappa shape index (κ3) is 2.98. The fourth-order valence-corrected chi connectivity index (χ4v) is 1.73. The first-order chi connectivity index (χ1) is 5.83. The first-order valence-corrected chi connectivity index (χ1v) is 5.38. The van der Waals surface area contributed by atoms with Gasteiger partial charge in [0.1, 0.15) is 0 Å². The van der Waals surface area contributed by atoms with Crippen molar-refractivity contribution in [3.8, 4) is 0 Å². The Hall–Kier alpha value is 0.490. The van der Waals surface area contributed by atoms with Gasteiger partial charge in [0.05, 0.1) is 0 Å². The first-order valence-electron chi connectivity index (χ1n) is 3.37. The molecule has 0 radical (unpaired) electrons. The van der Waals surface area contributed by atoms with Crippen LogP contribution in [0.1, 0.15) is 4.88 Å². The average molecular weight is 262 g/mol. The maximum absolute atomic E-state index is 9.39. The lowest BCUT2D eigenvalue weighted by molar-refractivity contribution is -0.154. The molecule has 0 fully saturated rings. The number of alkyl halides is 3. The monoisotopic (exact) mass is 260 g/mol. The molecule has 0 unspecified atom stereocenters. The molecule has 0 saturated heterocycles. The summed E-state index contributed by atoms with van der Waals surface area (Å²) in [5, 5.41) is 20.6. The van der Waals surface area contributed by atoms with Gasteiger partial charge in [0.15, 0.2) is 0 Å². The van der Waals surface area contributed by atoms with E-state index in [1.54, 1.807) is 12.1 Å². The largest absolute Gasteiger partial charge is 0.362 e. The minimum absolute atomic E-state index is 0.0961. The fraction of sp³-hybridized carbons (Fsp3) is 0.429. The van der Waals surface area contributed by atoms with E-state index in [4.69, 9.17) is 34.8 Å². The average Bonchev–Trinajstić information content (AvgIpc) is 2.35. The van der Waals surface area contributed by atoms with Crippen molar-refractivity contribution < 1.29 is 10.2 Å². The van der Waals surface area contributed by atoms with E-state index in [2.05, 4.69) is 0 Å². The van der Waals surface area contributed by atoms with E-state index in [1.165, 1.54) is 11.3 Å². The zero-order chi connectivity index (χ0) is 10.1. The molecule has 0 aliphatic heterocycles. The number of halogens is 3. The highest BCUT2D eigenvalue weighted by atomic mass is 35.6. The summed E-state index contributed by atoms with van der Waals surface area (Å²) in [4.78, 5) is 0.747. The van der Waals surface area contributed by atoms with Crippen molar-refractivity contribution in [2.24, 2.45) is 0 Å². The molecule has 0 bridgehead atoms. The molecule has 1 heterocycles. The van der Waals surface area contributed by atoms with Gasteiger partial charge in [0, 0.05) is 11.3 Å². The molecule has 74 valence electrons. The van der Waals surface area contributed by atoms with E-state index < -0.39 is 9.58 Å². The van der Waals surface area contributed by atoms with Gasteiger partial charge < -0.3 is 10.2 Å². The lowest BCUT2D eigenvalue weighted by atomic mass is 10.2. The molecule has 6 heteroatoms. The van der Waals surface area contributed by atoms with Gasteiger partial charge >= 0.3 is 0 Å². The topological polar surface area (TPSA) is 40.5 Å². The Balaban J connectivity index is 2.73. The SMILES string of the molecule is OC(O)(Cc1cccs1)C(Cl)(Cl)Cl. The number of hydrogen-bond donors (Lipinski definition) is 2. The highest BCUT2D eigenvalue weighted by molar-refractivity contribution is 7.09. The molecule has 0 aliphatic rings. The molecule has 0 saturated carbocycles. The molecule has 0 aliphatic carbocycles. The van der Waals surface area contributed by atoms with Gasteiger partial charge in [-0.05, 0) is 11.4 Å². The zero-order valence-electron chi connectivity index (χ0n) is 6.38. The third-order valence-electron chi connectivity index (χ3n) is 1.45. The first kappa shape index (κ1) is 11.6. The van der Waals surface area contributed by atoms with Crippen LogP contribution in [0.25, 0.3) is 0 Å². The van der Waals surface area contributed by atoms with Gasteiger partial charge in [-0.3, -0.25) is 0 Å². The van der Waals surface area contributed by atoms with Crippen molar-refractivity contribution >= 4 is 46.1 Å². The summed E-state index contributed by atoms with van der Waals surface area (Å²) in [5.74, 6) is -2.33. The van der Waals surface area contributed by atoms with E-state index in [-0.39, 0.29) is 6.42 Å². The molecule has 0 aromatic carbocycles. The van der Waals surface area contributed by atoms with Crippen LogP contribution < -0.4 is 0 Å². The lowest BCUT2D eigenvalue weighted by Crippen LogP contribution is -2.44. The van der Waals surface area contributed by atoms with Crippen LogP contribution in [-0.4, -0.2) is 19.8 Å². The van der Waals surface area contributed by atoms with Crippen molar-refractivity contribution in [1.82, 2.24) is 0 Å². The normalized spacial score (nSPS) is 13.3. The van der Waals surface area contributed by atoms with Crippen LogP contribution in [0.4, 0.5) is 0 Å². The number of hydrogen-bond acceptors (Lipinski definition) is 3. The van der Waals surface area contributed by atoms with Crippen LogP contribution in [0.5, 0.6) is 0 Å². The smallest absolute Gasteiger partial charge is 0.243 e. The molecular weight excluding hydrogens is 255 g/mol. The summed E-state index contributed by atoms with van der Waals surface area (Å²) in [6.45, 7) is 0. The Kier molecular flexibility index (Phi) is 3.49. The van der Waals surface area contributed by atoms with Crippen molar-refractivity contribution in [3.63, 3.8) is 0 Å². The van der Waals surface area contributed by atoms with E-state index in [1.807, 2.05) is 5.38 Å². The quantitative estimate of drug-likeness (QED) is 0.634. The standard InChI is InChI=1S/C7H7Cl3O2S/c8-7(9,10)6(11,12)4-5-2-1-3-13-5/h1-3,11-12H,4H2. The molecule has 13 heavy (non-hydrogen) atoms. The summed E-state index contributed by atoms with van der Waals surface area (Å²) in [7, 11) is 0. The summed E-state index contributed by atoms with van der Waals surface area (Å²) in [6.07, 6.45) is -0.0961. The highest BCUT2D eigenvalue weighted by Gasteiger charge is 2.45. The van der Waals surface area contributed by atoms with Gasteiger partial charge in [-0.25, -0.2) is 0 Å². The maximum Gasteiger partial charge on any atom is 0.243 e. The second-order valence-electron chi connectivity index (χ2n) is 2.57. The Morgan fingerprint density at radius 2 is 1.92 bits per heavy atom. The van der Waals surface area contributed by atoms with Crippen molar-refractivity contribution in [3.05, 3.63) is 22.4 Å². The molecule has 1 aromatic heterocycles. The lowest BCUT2D eigenvalue weighted by Gasteiger charge is -2.28. The van der Waals surface area contributed by atoms with Gasteiger partial charge in [-0.2, -0.15) is 0 Å². The fourth-order valence-electron chi connectivity index (χ4n) is 0.756. The molecule has 2 nitrogen and oxygen atoms in total. The molecule has 0 spiro atoms. The van der Waals surface area contributed by atoms with Crippen LogP contribution in [0, 0.1) is 0 Å². The number of aliphatic hydroxyl groups is 2. The molecule has 1 rings (SSSR count). The molecule has 0 amide bonds. The Labute approximate surface area is 94.7 Å². The van der Waals surface area contributed by atoms with Crippen LogP contribution in [0.3, 0.4) is 0 Å². The van der Waals surface area contributed by atoms with Crippen LogP contribution in [-0.2, 0) is 6.42 Å². The van der Waals surface area contributed by atoms with Gasteiger partial charge in [0.2, 0.25) is 9.58 Å². The van der Waals surface area contributed by atoms with E-state index in [9.17, 15) is 10.2 Å². The second kappa shape index (κ2) is 3.93. The highest BCUT2D eigenvalue weighted by Crippen LogP contribution is 2.38. The number of rotatable bonds is 2. The summed E-state index contributed by atoms with van der Waals surface area (Å²) in [5.41, 5.74) is 0. The maximum atomic E-state index is 9.39. The van der Waals surface area contributed by atoms with E-state index in [0.29, 0.717) is 0 Å². The zero-order valence-corrected chi connectivity index (χ0v) is 9.46. The van der Waals surface area contributed by atoms with E-state index in [0.717, 1.165) is 4.88 Å². The van der Waals surface area contributed by atoms with Gasteiger partial charge in [0.25, 0.3) is 0 Å². The molecule has 0 atom stereocenters. The molecular formula is C7H7Cl3O2S. The third-order valence-corrected chi connectivity index (χ3v) is 3.24. The Morgan fingerprint density at radius 1 is 1.31 bits per heavy atom. The summed E-state index contributed by atoms with van der Waals surface area (Å²) < 4.78 is -2.10. The van der Waals surface area contributed by atoms with Crippen molar-refractivity contribution in [2.45, 2.75) is 16.0 Å². The molecule has 2 N–H and O–H groups in total. The van der Waals surface area contributed by atoms with Gasteiger partial charge in [-0.1, -0.05) is 40.9 Å². The predicted octanol–water partition coefficient (Wildman–Crippen LogP) is 2.34. The Bertz CT molecular complexity index is 266. The summed E-state index contributed by atoms with van der Waals surface area (Å²) >= 11 is 17.5. The molecule has 1 aromatic rings. The minimum atomic E-state index is -2.33. The minimum Gasteiger partial charge on any atom is -0.362 e. The van der Waals surface area contributed by atoms with E-state index >= 15 is 0 Å². The van der Waals surface area contributed by atoms with Crippen LogP contribution in [0.15, 0.2) is 17.5 Å². The van der Waals surface area contributed by atoms with Crippen LogP contribution >= 0.6 is 46.1 Å². The second-order valence-corrected chi connectivity index (χ2v) is 5.88. The van der Waals surface area contributed by atoms with Crippen molar-refractivity contribution in [2.75, 3.05) is 0 Å². The number of thiophene rings is 1. The van der Waals surface area contributed by atoms with Crippen molar-refractivity contribution in [1.29, 1.82) is 0 Å². The van der Waals surface area contributed by atoms with Crippen LogP contribution in [0.2, 0.25) is 0 Å². The van der Waals surface area contributed by atoms with Gasteiger partial charge in [-0.15, -0.1) is 11.3 Å².